The first-order chi connectivity index (χ1) is 23.3. The maximum atomic E-state index is 6.57. The first-order valence-corrected chi connectivity index (χ1v) is 15.8. The molecule has 0 spiro atoms. The van der Waals surface area contributed by atoms with Crippen molar-refractivity contribution in [2.75, 3.05) is 0 Å². The minimum Gasteiger partial charge on any atom is -0.436 e. The van der Waals surface area contributed by atoms with Crippen molar-refractivity contribution in [1.29, 1.82) is 0 Å². The number of rotatable bonds is 5. The van der Waals surface area contributed by atoms with Crippen molar-refractivity contribution in [3.05, 3.63) is 115 Å². The van der Waals surface area contributed by atoms with Gasteiger partial charge in [-0.25, -0.2) is 9.97 Å². The molecule has 2 N–H and O–H groups in total. The third-order valence-corrected chi connectivity index (χ3v) is 9.55. The molecule has 0 unspecified atom stereocenters. The van der Waals surface area contributed by atoms with Crippen molar-refractivity contribution in [2.24, 2.45) is 0 Å². The number of nitrogens with zero attached hydrogens (tertiary/aromatic N) is 5. The van der Waals surface area contributed by atoms with Crippen molar-refractivity contribution < 1.29 is 8.94 Å². The van der Waals surface area contributed by atoms with Gasteiger partial charge in [0.05, 0.1) is 21.3 Å². The molecule has 47 heavy (non-hydrogen) atoms. The molecule has 5 aromatic heterocycles. The van der Waals surface area contributed by atoms with Gasteiger partial charge in [0.25, 0.3) is 0 Å². The Balaban J connectivity index is 1.45. The van der Waals surface area contributed by atoms with Crippen LogP contribution in [0.4, 0.5) is 0 Å². The van der Waals surface area contributed by atoms with E-state index in [-0.39, 0.29) is 0 Å². The van der Waals surface area contributed by atoms with Crippen molar-refractivity contribution in [3.8, 4) is 55.7 Å². The Bertz CT molecular complexity index is 2700. The van der Waals surface area contributed by atoms with E-state index in [2.05, 4.69) is 38.6 Å². The van der Waals surface area contributed by atoms with Crippen molar-refractivity contribution in [2.45, 2.75) is 0 Å². The van der Waals surface area contributed by atoms with Crippen LogP contribution in [0.1, 0.15) is 0 Å². The first kappa shape index (κ1) is 25.9. The predicted octanol–water partition coefficient (Wildman–Crippen LogP) is 9.51. The van der Waals surface area contributed by atoms with Gasteiger partial charge in [0, 0.05) is 39.5 Å². The van der Waals surface area contributed by atoms with Gasteiger partial charge in [0.2, 0.25) is 5.89 Å². The van der Waals surface area contributed by atoms with Crippen LogP contribution in [0.2, 0.25) is 0 Å². The van der Waals surface area contributed by atoms with E-state index in [1.165, 1.54) is 0 Å². The number of aromatic amines is 2. The lowest BCUT2D eigenvalue weighted by Gasteiger charge is -2.19. The van der Waals surface area contributed by atoms with Crippen LogP contribution in [0.25, 0.3) is 99.0 Å². The predicted molar refractivity (Wildman–Crippen MR) is 184 cm³/mol. The fraction of sp³-hybridized carbons (Fsp3) is 0. The lowest BCUT2D eigenvalue weighted by molar-refractivity contribution is 0.459. The monoisotopic (exact) mass is 627 g/mol. The molecule has 0 aliphatic heterocycles. The van der Waals surface area contributed by atoms with Gasteiger partial charge in [-0.3, -0.25) is 5.10 Å². The highest BCUT2D eigenvalue weighted by molar-refractivity contribution is 7.21. The van der Waals surface area contributed by atoms with Crippen molar-refractivity contribution in [1.82, 2.24) is 35.5 Å². The van der Waals surface area contributed by atoms with Gasteiger partial charge in [-0.05, 0) is 66.2 Å². The third-order valence-electron chi connectivity index (χ3n) is 8.49. The number of para-hydroxylation sites is 4. The number of hydrogen-bond acceptors (Lipinski definition) is 8. The molecule has 0 radical (unpaired) electrons. The van der Waals surface area contributed by atoms with Gasteiger partial charge in [-0.2, -0.15) is 0 Å². The van der Waals surface area contributed by atoms with E-state index in [1.807, 2.05) is 97.2 Å². The maximum absolute atomic E-state index is 6.57. The molecule has 222 valence electrons. The number of hydrogen-bond donors (Lipinski definition) is 2. The summed E-state index contributed by atoms with van der Waals surface area (Å²) in [6.07, 6.45) is 1.91. The molecule has 10 heteroatoms. The van der Waals surface area contributed by atoms with Crippen LogP contribution < -0.4 is 0 Å². The molecule has 0 saturated carbocycles. The molecular formula is C37H21N7O2S. The quantitative estimate of drug-likeness (QED) is 0.195. The number of H-pyrrole nitrogens is 2. The van der Waals surface area contributed by atoms with E-state index in [0.717, 1.165) is 76.2 Å². The van der Waals surface area contributed by atoms with Gasteiger partial charge < -0.3 is 13.9 Å². The van der Waals surface area contributed by atoms with Gasteiger partial charge in [-0.15, -0.1) is 16.4 Å². The number of fused-ring (bicyclic) bond motifs is 4. The van der Waals surface area contributed by atoms with Gasteiger partial charge >= 0.3 is 0 Å². The van der Waals surface area contributed by atoms with Crippen LogP contribution in [0, 0.1) is 0 Å². The number of aromatic nitrogens is 7. The van der Waals surface area contributed by atoms with Crippen LogP contribution in [0.5, 0.6) is 0 Å². The summed E-state index contributed by atoms with van der Waals surface area (Å²) in [5.41, 5.74) is 11.3. The standard InChI is InChI=1S/C37H21N7O2S/c1-4-15-28-21(9-1)35(43-46-28)33-31(36-39-25-11-2-5-16-29(25)45-36)23(24-14-8-18-38-24)19-22(20-10-7-13-27-34(20)42-44-41-27)32(33)37-40-26-12-3-6-17-30(26)47-37/h1-19,38H,(H,41,42,44). The van der Waals surface area contributed by atoms with E-state index in [4.69, 9.17) is 24.1 Å². The first-order valence-electron chi connectivity index (χ1n) is 15.0. The fourth-order valence-corrected chi connectivity index (χ4v) is 7.43. The fourth-order valence-electron chi connectivity index (χ4n) is 6.40. The average Bonchev–Trinajstić information content (AvgIpc) is 3.96. The molecule has 0 aliphatic rings. The lowest BCUT2D eigenvalue weighted by atomic mass is 9.85. The summed E-state index contributed by atoms with van der Waals surface area (Å²) in [5.74, 6) is 0.464. The molecule has 9 nitrogen and oxygen atoms in total. The van der Waals surface area contributed by atoms with Crippen molar-refractivity contribution >= 4 is 54.7 Å². The van der Waals surface area contributed by atoms with Gasteiger partial charge in [-0.1, -0.05) is 58.9 Å². The van der Waals surface area contributed by atoms with Crippen LogP contribution in [0.3, 0.4) is 0 Å². The Labute approximate surface area is 269 Å². The number of thiazole rings is 1. The smallest absolute Gasteiger partial charge is 0.228 e. The Hall–Kier alpha value is -6.39. The zero-order chi connectivity index (χ0) is 30.9. The zero-order valence-corrected chi connectivity index (χ0v) is 25.2. The van der Waals surface area contributed by atoms with Crippen LogP contribution >= 0.6 is 11.3 Å². The Kier molecular flexibility index (Phi) is 5.54. The van der Waals surface area contributed by atoms with Crippen LogP contribution in [-0.4, -0.2) is 35.5 Å². The summed E-state index contributed by atoms with van der Waals surface area (Å²) in [4.78, 5) is 13.7. The molecule has 0 bridgehead atoms. The molecule has 10 aromatic rings. The van der Waals surface area contributed by atoms with Crippen LogP contribution in [0.15, 0.2) is 124 Å². The molecule has 5 heterocycles. The summed E-state index contributed by atoms with van der Waals surface area (Å²) in [5, 5.41) is 18.1. The normalized spacial score (nSPS) is 11.8. The van der Waals surface area contributed by atoms with Gasteiger partial charge in [0.1, 0.15) is 21.7 Å². The average molecular weight is 628 g/mol. The Morgan fingerprint density at radius 3 is 2.38 bits per heavy atom. The molecule has 10 rings (SSSR count). The zero-order valence-electron chi connectivity index (χ0n) is 24.4. The third kappa shape index (κ3) is 3.98. The number of oxazole rings is 1. The van der Waals surface area contributed by atoms with Crippen molar-refractivity contribution in [3.63, 3.8) is 0 Å². The highest BCUT2D eigenvalue weighted by Crippen LogP contribution is 2.52. The van der Waals surface area contributed by atoms with E-state index in [1.54, 1.807) is 11.3 Å². The second-order valence-electron chi connectivity index (χ2n) is 11.2. The second kappa shape index (κ2) is 10.1. The van der Waals surface area contributed by atoms with E-state index in [0.29, 0.717) is 22.8 Å². The minimum absolute atomic E-state index is 0.464. The highest BCUT2D eigenvalue weighted by atomic mass is 32.1. The summed E-state index contributed by atoms with van der Waals surface area (Å²) >= 11 is 1.62. The number of benzene rings is 5. The summed E-state index contributed by atoms with van der Waals surface area (Å²) in [6.45, 7) is 0. The van der Waals surface area contributed by atoms with E-state index < -0.39 is 0 Å². The lowest BCUT2D eigenvalue weighted by Crippen LogP contribution is -1.99. The molecule has 5 aromatic carbocycles. The Morgan fingerprint density at radius 2 is 1.51 bits per heavy atom. The summed E-state index contributed by atoms with van der Waals surface area (Å²) in [6, 6.07) is 36.1. The van der Waals surface area contributed by atoms with Gasteiger partial charge in [0.15, 0.2) is 11.2 Å². The maximum Gasteiger partial charge on any atom is 0.228 e. The molecule has 0 saturated heterocycles. The molecule has 0 fully saturated rings. The van der Waals surface area contributed by atoms with Crippen LogP contribution in [-0.2, 0) is 0 Å². The summed E-state index contributed by atoms with van der Waals surface area (Å²) < 4.78 is 13.6. The second-order valence-corrected chi connectivity index (χ2v) is 12.2. The highest BCUT2D eigenvalue weighted by Gasteiger charge is 2.31. The summed E-state index contributed by atoms with van der Waals surface area (Å²) in [7, 11) is 0. The number of nitrogens with one attached hydrogen (secondary N) is 2. The molecule has 0 aliphatic carbocycles. The Morgan fingerprint density at radius 1 is 0.660 bits per heavy atom. The molecule has 0 atom stereocenters. The SMILES string of the molecule is c1c[nH]c(-c2cc(-c3cccc4[nH]nnc34)c(-c3nc4ccccc4s3)c(-c3noc4ccccc34)c2-c2nc3ccccc3o2)c1. The molecular weight excluding hydrogens is 607 g/mol. The minimum atomic E-state index is 0.464. The van der Waals surface area contributed by atoms with E-state index in [9.17, 15) is 0 Å². The molecule has 0 amide bonds. The van der Waals surface area contributed by atoms with E-state index >= 15 is 0 Å². The largest absolute Gasteiger partial charge is 0.436 e. The topological polar surface area (TPSA) is 122 Å².